The van der Waals surface area contributed by atoms with E-state index in [1.54, 1.807) is 6.07 Å². The van der Waals surface area contributed by atoms with Crippen LogP contribution in [0.15, 0.2) is 23.4 Å². The summed E-state index contributed by atoms with van der Waals surface area (Å²) in [6, 6.07) is 6.73. The number of aromatic nitrogens is 1. The second-order valence-electron chi connectivity index (χ2n) is 5.66. The van der Waals surface area contributed by atoms with Gasteiger partial charge in [-0.2, -0.15) is 0 Å². The first-order valence-electron chi connectivity index (χ1n) is 7.14. The Balaban J connectivity index is 1.84. The third-order valence-corrected chi connectivity index (χ3v) is 4.34. The third-order valence-electron chi connectivity index (χ3n) is 4.34. The Morgan fingerprint density at radius 2 is 2.30 bits per heavy atom. The number of pyridine rings is 1. The number of anilines is 1. The molecule has 2 atom stereocenters. The van der Waals surface area contributed by atoms with Crippen LogP contribution in [0, 0.1) is 0 Å². The van der Waals surface area contributed by atoms with Crippen LogP contribution in [0.25, 0.3) is 0 Å². The first kappa shape index (κ1) is 13.2. The highest BCUT2D eigenvalue weighted by atomic mass is 16.4. The second-order valence-corrected chi connectivity index (χ2v) is 5.66. The zero-order valence-corrected chi connectivity index (χ0v) is 11.7. The maximum atomic E-state index is 8.77. The Kier molecular flexibility index (Phi) is 3.48. The molecule has 2 aliphatic rings. The maximum Gasteiger partial charge on any atom is 0.188 e. The minimum atomic E-state index is 0.0546. The van der Waals surface area contributed by atoms with Crippen molar-refractivity contribution >= 4 is 11.7 Å². The molecule has 2 aliphatic heterocycles. The molecule has 2 fully saturated rings. The lowest BCUT2D eigenvalue weighted by atomic mass is 10.1. The maximum absolute atomic E-state index is 8.77. The molecule has 0 aliphatic carbocycles. The first-order valence-corrected chi connectivity index (χ1v) is 7.14. The molecule has 1 aromatic heterocycles. The number of hydrogen-bond acceptors (Lipinski definition) is 5. The largest absolute Gasteiger partial charge is 0.409 e. The number of amidine groups is 1. The van der Waals surface area contributed by atoms with Gasteiger partial charge in [-0.3, -0.25) is 4.90 Å². The molecule has 3 N–H and O–H groups in total. The number of hydrogen-bond donors (Lipinski definition) is 2. The molecule has 3 heterocycles. The minimum Gasteiger partial charge on any atom is -0.409 e. The Morgan fingerprint density at radius 1 is 1.45 bits per heavy atom. The average Bonchev–Trinajstić information content (AvgIpc) is 2.92. The molecule has 20 heavy (non-hydrogen) atoms. The Bertz CT molecular complexity index is 518. The molecule has 0 aromatic carbocycles. The van der Waals surface area contributed by atoms with Gasteiger partial charge in [0.1, 0.15) is 11.5 Å². The van der Waals surface area contributed by atoms with E-state index in [0.717, 1.165) is 18.9 Å². The topological polar surface area (TPSA) is 78.0 Å². The first-order chi connectivity index (χ1) is 9.69. The molecule has 0 spiro atoms. The normalized spacial score (nSPS) is 27.6. The van der Waals surface area contributed by atoms with E-state index in [-0.39, 0.29) is 5.84 Å². The van der Waals surface area contributed by atoms with Gasteiger partial charge < -0.3 is 15.8 Å². The van der Waals surface area contributed by atoms with Gasteiger partial charge in [0.15, 0.2) is 5.84 Å². The number of piperazine rings is 1. The summed E-state index contributed by atoms with van der Waals surface area (Å²) in [6.45, 7) is 5.54. The van der Waals surface area contributed by atoms with E-state index in [9.17, 15) is 0 Å². The van der Waals surface area contributed by atoms with Crippen molar-refractivity contribution in [3.63, 3.8) is 0 Å². The van der Waals surface area contributed by atoms with Gasteiger partial charge in [-0.05, 0) is 38.4 Å². The van der Waals surface area contributed by atoms with Crippen molar-refractivity contribution in [2.45, 2.75) is 31.8 Å². The quantitative estimate of drug-likeness (QED) is 0.362. The molecule has 2 saturated heterocycles. The summed E-state index contributed by atoms with van der Waals surface area (Å²) < 4.78 is 0. The van der Waals surface area contributed by atoms with Crippen molar-refractivity contribution in [3.8, 4) is 0 Å². The summed E-state index contributed by atoms with van der Waals surface area (Å²) in [4.78, 5) is 9.44. The van der Waals surface area contributed by atoms with Gasteiger partial charge >= 0.3 is 0 Å². The van der Waals surface area contributed by atoms with E-state index in [1.807, 2.05) is 12.1 Å². The highest BCUT2D eigenvalue weighted by molar-refractivity contribution is 5.95. The van der Waals surface area contributed by atoms with Crippen LogP contribution in [0.2, 0.25) is 0 Å². The molecular weight excluding hydrogens is 254 g/mol. The zero-order chi connectivity index (χ0) is 14.1. The van der Waals surface area contributed by atoms with Crippen molar-refractivity contribution in [3.05, 3.63) is 23.9 Å². The summed E-state index contributed by atoms with van der Waals surface area (Å²) in [5.41, 5.74) is 6.14. The smallest absolute Gasteiger partial charge is 0.188 e. The second kappa shape index (κ2) is 5.28. The summed E-state index contributed by atoms with van der Waals surface area (Å²) in [5, 5.41) is 11.8. The monoisotopic (exact) mass is 275 g/mol. The van der Waals surface area contributed by atoms with Crippen LogP contribution in [-0.2, 0) is 0 Å². The fraction of sp³-hybridized carbons (Fsp3) is 0.571. The van der Waals surface area contributed by atoms with Crippen LogP contribution in [0.1, 0.15) is 25.5 Å². The number of nitrogens with zero attached hydrogens (tertiary/aromatic N) is 4. The molecule has 3 rings (SSSR count). The van der Waals surface area contributed by atoms with E-state index in [4.69, 9.17) is 10.9 Å². The molecule has 6 heteroatoms. The van der Waals surface area contributed by atoms with E-state index < -0.39 is 0 Å². The van der Waals surface area contributed by atoms with Gasteiger partial charge in [-0.25, -0.2) is 4.98 Å². The van der Waals surface area contributed by atoms with Crippen molar-refractivity contribution in [1.29, 1.82) is 0 Å². The Morgan fingerprint density at radius 3 is 3.10 bits per heavy atom. The molecule has 0 saturated carbocycles. The predicted molar refractivity (Wildman–Crippen MR) is 78.2 cm³/mol. The van der Waals surface area contributed by atoms with E-state index in [0.29, 0.717) is 17.8 Å². The fourth-order valence-corrected chi connectivity index (χ4v) is 3.28. The van der Waals surface area contributed by atoms with Gasteiger partial charge in [0, 0.05) is 25.2 Å². The van der Waals surface area contributed by atoms with Crippen LogP contribution in [0.3, 0.4) is 0 Å². The fourth-order valence-electron chi connectivity index (χ4n) is 3.28. The van der Waals surface area contributed by atoms with Gasteiger partial charge in [0.25, 0.3) is 0 Å². The third kappa shape index (κ3) is 2.31. The minimum absolute atomic E-state index is 0.0546. The van der Waals surface area contributed by atoms with Crippen LogP contribution >= 0.6 is 0 Å². The van der Waals surface area contributed by atoms with Gasteiger partial charge in [-0.15, -0.1) is 0 Å². The van der Waals surface area contributed by atoms with E-state index >= 15 is 0 Å². The Labute approximate surface area is 118 Å². The summed E-state index contributed by atoms with van der Waals surface area (Å²) in [5.74, 6) is 0.965. The lowest BCUT2D eigenvalue weighted by Gasteiger charge is -2.43. The molecule has 1 aromatic rings. The number of rotatable bonds is 2. The zero-order valence-electron chi connectivity index (χ0n) is 11.7. The van der Waals surface area contributed by atoms with Crippen molar-refractivity contribution in [2.75, 3.05) is 24.5 Å². The molecule has 0 radical (unpaired) electrons. The highest BCUT2D eigenvalue weighted by Crippen LogP contribution is 2.27. The summed E-state index contributed by atoms with van der Waals surface area (Å²) in [7, 11) is 0. The predicted octanol–water partition coefficient (Wildman–Crippen LogP) is 0.849. The number of fused-ring (bicyclic) bond motifs is 1. The molecule has 6 nitrogen and oxygen atoms in total. The molecule has 0 bridgehead atoms. The van der Waals surface area contributed by atoms with Gasteiger partial charge in [0.05, 0.1) is 0 Å². The van der Waals surface area contributed by atoms with Crippen LogP contribution in [0.5, 0.6) is 0 Å². The standard InChI is InChI=1S/C14H21N5O/c1-10-8-18-7-3-4-11(18)9-19(10)13-6-2-5-12(16-13)14(15)17-20/h2,5-6,10-11,20H,3-4,7-9H2,1H3,(H2,15,17). The lowest BCUT2D eigenvalue weighted by Crippen LogP contribution is -2.55. The van der Waals surface area contributed by atoms with Crippen LogP contribution in [0.4, 0.5) is 5.82 Å². The van der Waals surface area contributed by atoms with Gasteiger partial charge in [-0.1, -0.05) is 11.2 Å². The summed E-state index contributed by atoms with van der Waals surface area (Å²) in [6.07, 6.45) is 2.56. The number of oxime groups is 1. The van der Waals surface area contributed by atoms with Crippen molar-refractivity contribution in [1.82, 2.24) is 9.88 Å². The van der Waals surface area contributed by atoms with Crippen molar-refractivity contribution in [2.24, 2.45) is 10.9 Å². The number of nitrogens with two attached hydrogens (primary N) is 1. The average molecular weight is 275 g/mol. The Hall–Kier alpha value is -1.82. The van der Waals surface area contributed by atoms with Gasteiger partial charge in [0.2, 0.25) is 0 Å². The van der Waals surface area contributed by atoms with E-state index in [2.05, 4.69) is 26.9 Å². The summed E-state index contributed by atoms with van der Waals surface area (Å²) >= 11 is 0. The lowest BCUT2D eigenvalue weighted by molar-refractivity contribution is 0.202. The molecule has 2 unspecified atom stereocenters. The molecule has 0 amide bonds. The van der Waals surface area contributed by atoms with Crippen molar-refractivity contribution < 1.29 is 5.21 Å². The molecular formula is C14H21N5O. The SMILES string of the molecule is CC1CN2CCCC2CN1c1cccc(/C(N)=N/O)n1. The van der Waals surface area contributed by atoms with E-state index in [1.165, 1.54) is 19.4 Å². The van der Waals surface area contributed by atoms with Crippen LogP contribution < -0.4 is 10.6 Å². The highest BCUT2D eigenvalue weighted by Gasteiger charge is 2.34. The molecule has 108 valence electrons. The van der Waals surface area contributed by atoms with Crippen LogP contribution in [-0.4, -0.2) is 52.6 Å².